The van der Waals surface area contributed by atoms with Crippen molar-refractivity contribution < 1.29 is 19.1 Å². The Morgan fingerprint density at radius 3 is 2.14 bits per heavy atom. The molecule has 0 aliphatic heterocycles. The Morgan fingerprint density at radius 2 is 1.55 bits per heavy atom. The van der Waals surface area contributed by atoms with Crippen molar-refractivity contribution in [3.05, 3.63) is 35.7 Å². The van der Waals surface area contributed by atoms with Crippen LogP contribution in [0.4, 0.5) is 23.0 Å². The SMILES string of the molecule is COC(=O)c1cc(Nc2ncnc(NC3CCCCC3)c2N)cc(C(=O)OC)c1. The minimum Gasteiger partial charge on any atom is -0.465 e. The van der Waals surface area contributed by atoms with E-state index in [0.717, 1.165) is 12.8 Å². The molecule has 3 rings (SSSR count). The average molecular weight is 399 g/mol. The van der Waals surface area contributed by atoms with Gasteiger partial charge in [-0.05, 0) is 31.0 Å². The minimum atomic E-state index is -0.575. The molecule has 0 spiro atoms. The summed E-state index contributed by atoms with van der Waals surface area (Å²) in [6, 6.07) is 4.84. The molecule has 0 radical (unpaired) electrons. The second-order valence-corrected chi connectivity index (χ2v) is 6.87. The molecule has 154 valence electrons. The van der Waals surface area contributed by atoms with E-state index in [1.807, 2.05) is 0 Å². The molecule has 1 aromatic heterocycles. The van der Waals surface area contributed by atoms with E-state index in [4.69, 9.17) is 15.2 Å². The number of nitrogens with two attached hydrogens (primary N) is 1. The van der Waals surface area contributed by atoms with E-state index in [2.05, 4.69) is 20.6 Å². The van der Waals surface area contributed by atoms with Crippen LogP contribution in [0.5, 0.6) is 0 Å². The zero-order valence-electron chi connectivity index (χ0n) is 16.5. The molecule has 0 saturated heterocycles. The highest BCUT2D eigenvalue weighted by Crippen LogP contribution is 2.29. The molecule has 0 atom stereocenters. The van der Waals surface area contributed by atoms with Crippen molar-refractivity contribution in [3.63, 3.8) is 0 Å². The average Bonchev–Trinajstić information content (AvgIpc) is 2.75. The topological polar surface area (TPSA) is 128 Å². The monoisotopic (exact) mass is 399 g/mol. The van der Waals surface area contributed by atoms with Crippen LogP contribution in [-0.2, 0) is 9.47 Å². The summed E-state index contributed by atoms with van der Waals surface area (Å²) in [5, 5.41) is 6.45. The van der Waals surface area contributed by atoms with Crippen molar-refractivity contribution in [1.82, 2.24) is 9.97 Å². The Bertz CT molecular complexity index is 862. The van der Waals surface area contributed by atoms with Gasteiger partial charge in [-0.2, -0.15) is 0 Å². The number of anilines is 4. The normalized spacial score (nSPS) is 14.1. The van der Waals surface area contributed by atoms with Gasteiger partial charge >= 0.3 is 11.9 Å². The summed E-state index contributed by atoms with van der Waals surface area (Å²) in [6.45, 7) is 0. The number of aromatic nitrogens is 2. The molecule has 0 amide bonds. The maximum atomic E-state index is 12.0. The Labute approximate surface area is 169 Å². The maximum absolute atomic E-state index is 12.0. The number of nitrogens with zero attached hydrogens (tertiary/aromatic N) is 2. The van der Waals surface area contributed by atoms with Gasteiger partial charge in [0.25, 0.3) is 0 Å². The van der Waals surface area contributed by atoms with Crippen LogP contribution >= 0.6 is 0 Å². The van der Waals surface area contributed by atoms with Gasteiger partial charge in [0.2, 0.25) is 0 Å². The first-order valence-corrected chi connectivity index (χ1v) is 9.47. The standard InChI is InChI=1S/C20H25N5O4/c1-28-19(26)12-8-13(20(27)29-2)10-15(9-12)25-18-16(21)17(22-11-23-18)24-14-6-4-3-5-7-14/h8-11,14H,3-7,21H2,1-2H3,(H2,22,23,24,25). The fraction of sp³-hybridized carbons (Fsp3) is 0.400. The van der Waals surface area contributed by atoms with Gasteiger partial charge in [-0.1, -0.05) is 19.3 Å². The Balaban J connectivity index is 1.87. The predicted molar refractivity (Wildman–Crippen MR) is 109 cm³/mol. The number of benzene rings is 1. The number of methoxy groups -OCH3 is 2. The van der Waals surface area contributed by atoms with E-state index in [0.29, 0.717) is 29.1 Å². The Morgan fingerprint density at radius 1 is 0.966 bits per heavy atom. The van der Waals surface area contributed by atoms with Gasteiger partial charge in [0, 0.05) is 11.7 Å². The third kappa shape index (κ3) is 4.92. The predicted octanol–water partition coefficient (Wildman–Crippen LogP) is 3.12. The number of hydrogen-bond acceptors (Lipinski definition) is 9. The van der Waals surface area contributed by atoms with Gasteiger partial charge in [-0.3, -0.25) is 0 Å². The zero-order valence-corrected chi connectivity index (χ0v) is 16.5. The molecule has 1 heterocycles. The summed E-state index contributed by atoms with van der Waals surface area (Å²) in [6.07, 6.45) is 7.19. The lowest BCUT2D eigenvalue weighted by molar-refractivity contribution is 0.0599. The summed E-state index contributed by atoms with van der Waals surface area (Å²) in [5.74, 6) is -0.217. The van der Waals surface area contributed by atoms with Crippen LogP contribution < -0.4 is 16.4 Å². The molecule has 4 N–H and O–H groups in total. The number of rotatable bonds is 6. The molecule has 9 nitrogen and oxygen atoms in total. The maximum Gasteiger partial charge on any atom is 0.337 e. The number of carbonyl (C=O) groups is 2. The number of nitrogens with one attached hydrogen (secondary N) is 2. The third-order valence-corrected chi connectivity index (χ3v) is 4.87. The molecule has 1 aliphatic rings. The summed E-state index contributed by atoms with van der Waals surface area (Å²) >= 11 is 0. The second kappa shape index (κ2) is 9.22. The molecule has 1 aromatic carbocycles. The van der Waals surface area contributed by atoms with Gasteiger partial charge in [-0.15, -0.1) is 0 Å². The second-order valence-electron chi connectivity index (χ2n) is 6.87. The largest absolute Gasteiger partial charge is 0.465 e. The van der Waals surface area contributed by atoms with Crippen LogP contribution in [0.1, 0.15) is 52.8 Å². The molecule has 29 heavy (non-hydrogen) atoms. The number of ether oxygens (including phenoxy) is 2. The van der Waals surface area contributed by atoms with Crippen molar-refractivity contribution in [2.75, 3.05) is 30.6 Å². The van der Waals surface area contributed by atoms with E-state index < -0.39 is 11.9 Å². The van der Waals surface area contributed by atoms with Gasteiger partial charge < -0.3 is 25.8 Å². The van der Waals surface area contributed by atoms with Gasteiger partial charge in [0.15, 0.2) is 11.6 Å². The molecular weight excluding hydrogens is 374 g/mol. The Hall–Kier alpha value is -3.36. The highest BCUT2D eigenvalue weighted by atomic mass is 16.5. The molecule has 1 fully saturated rings. The summed E-state index contributed by atoms with van der Waals surface area (Å²) in [7, 11) is 2.54. The highest BCUT2D eigenvalue weighted by molar-refractivity contribution is 5.97. The first-order valence-electron chi connectivity index (χ1n) is 9.47. The van der Waals surface area contributed by atoms with Crippen LogP contribution in [-0.4, -0.2) is 42.2 Å². The van der Waals surface area contributed by atoms with Crippen molar-refractivity contribution >= 4 is 34.9 Å². The minimum absolute atomic E-state index is 0.200. The van der Waals surface area contributed by atoms with Crippen LogP contribution in [0.3, 0.4) is 0 Å². The van der Waals surface area contributed by atoms with Crippen molar-refractivity contribution in [2.45, 2.75) is 38.1 Å². The highest BCUT2D eigenvalue weighted by Gasteiger charge is 2.18. The summed E-state index contributed by atoms with van der Waals surface area (Å²) < 4.78 is 9.52. The molecule has 2 aromatic rings. The number of carbonyl (C=O) groups excluding carboxylic acids is 2. The van der Waals surface area contributed by atoms with Crippen LogP contribution in [0.15, 0.2) is 24.5 Å². The van der Waals surface area contributed by atoms with Crippen LogP contribution in [0.25, 0.3) is 0 Å². The molecule has 0 bridgehead atoms. The van der Waals surface area contributed by atoms with E-state index in [1.165, 1.54) is 45.9 Å². The van der Waals surface area contributed by atoms with Gasteiger partial charge in [0.1, 0.15) is 12.0 Å². The van der Waals surface area contributed by atoms with E-state index in [9.17, 15) is 9.59 Å². The van der Waals surface area contributed by atoms with E-state index in [1.54, 1.807) is 12.1 Å². The number of hydrogen-bond donors (Lipinski definition) is 3. The fourth-order valence-electron chi connectivity index (χ4n) is 3.36. The number of esters is 2. The molecule has 1 saturated carbocycles. The van der Waals surface area contributed by atoms with Crippen LogP contribution in [0, 0.1) is 0 Å². The smallest absolute Gasteiger partial charge is 0.337 e. The Kier molecular flexibility index (Phi) is 6.48. The van der Waals surface area contributed by atoms with Gasteiger partial charge in [0.05, 0.1) is 25.3 Å². The van der Waals surface area contributed by atoms with E-state index >= 15 is 0 Å². The lowest BCUT2D eigenvalue weighted by Crippen LogP contribution is -2.23. The molecule has 9 heteroatoms. The first kappa shape index (κ1) is 20.4. The zero-order chi connectivity index (χ0) is 20.8. The third-order valence-electron chi connectivity index (χ3n) is 4.87. The van der Waals surface area contributed by atoms with Crippen molar-refractivity contribution in [2.24, 2.45) is 0 Å². The first-order chi connectivity index (χ1) is 14.0. The lowest BCUT2D eigenvalue weighted by atomic mass is 9.95. The molecular formula is C20H25N5O4. The van der Waals surface area contributed by atoms with Crippen molar-refractivity contribution in [3.8, 4) is 0 Å². The summed E-state index contributed by atoms with van der Waals surface area (Å²) in [4.78, 5) is 32.4. The molecule has 0 unspecified atom stereocenters. The quantitative estimate of drug-likeness (QED) is 0.627. The summed E-state index contributed by atoms with van der Waals surface area (Å²) in [5.41, 5.74) is 7.47. The number of nitrogen functional groups attached to an aromatic ring is 1. The van der Waals surface area contributed by atoms with Gasteiger partial charge in [-0.25, -0.2) is 19.6 Å². The molecule has 1 aliphatic carbocycles. The lowest BCUT2D eigenvalue weighted by Gasteiger charge is -2.24. The van der Waals surface area contributed by atoms with Crippen molar-refractivity contribution in [1.29, 1.82) is 0 Å². The van der Waals surface area contributed by atoms with Crippen LogP contribution in [0.2, 0.25) is 0 Å². The van der Waals surface area contributed by atoms with E-state index in [-0.39, 0.29) is 11.1 Å². The fourth-order valence-corrected chi connectivity index (χ4v) is 3.36.